The van der Waals surface area contributed by atoms with Crippen molar-refractivity contribution in [2.75, 3.05) is 30.8 Å². The molecule has 1 aromatic heterocycles. The van der Waals surface area contributed by atoms with Crippen LogP contribution in [0.2, 0.25) is 0 Å². The van der Waals surface area contributed by atoms with Gasteiger partial charge < -0.3 is 18.8 Å². The van der Waals surface area contributed by atoms with Crippen molar-refractivity contribution >= 4 is 45.7 Å². The van der Waals surface area contributed by atoms with Crippen LogP contribution in [0.4, 0.5) is 15.3 Å². The third-order valence-electron chi connectivity index (χ3n) is 4.17. The molecule has 0 aliphatic carbocycles. The maximum absolute atomic E-state index is 12.0. The molecule has 0 saturated carbocycles. The van der Waals surface area contributed by atoms with Crippen LogP contribution < -0.4 is 10.9 Å². The number of thioether (sulfide) groups is 1. The Morgan fingerprint density at radius 2 is 2.07 bits per heavy atom. The summed E-state index contributed by atoms with van der Waals surface area (Å²) in [7, 11) is 0. The van der Waals surface area contributed by atoms with E-state index < -0.39 is 17.7 Å². The molecule has 1 aliphatic rings. The van der Waals surface area contributed by atoms with Crippen LogP contribution in [0.1, 0.15) is 18.9 Å². The standard InChI is InChI=1S/C19H20N2O7S/c1-2-26-18(24)20-13-3-4-14-12(9-17(23)28-15(14)10-13)11-27-16(22)5-6-21-7-8-29-19(21)25/h3-4,9-10H,2,5-8,11H2,1H3,(H,20,24). The average molecular weight is 420 g/mol. The SMILES string of the molecule is CCOC(=O)Nc1ccc2c(COC(=O)CCN3CCSC3=O)cc(=O)oc2c1. The Morgan fingerprint density at radius 1 is 1.24 bits per heavy atom. The van der Waals surface area contributed by atoms with Crippen molar-refractivity contribution in [3.63, 3.8) is 0 Å². The second-order valence-corrected chi connectivity index (χ2v) is 7.21. The number of fused-ring (bicyclic) bond motifs is 1. The molecular formula is C19H20N2O7S. The molecule has 1 N–H and O–H groups in total. The molecule has 9 nitrogen and oxygen atoms in total. The number of rotatable bonds is 7. The summed E-state index contributed by atoms with van der Waals surface area (Å²) >= 11 is 1.23. The van der Waals surface area contributed by atoms with Gasteiger partial charge >= 0.3 is 17.7 Å². The van der Waals surface area contributed by atoms with Gasteiger partial charge in [0, 0.05) is 47.6 Å². The summed E-state index contributed by atoms with van der Waals surface area (Å²) in [5.74, 6) is 0.267. The smallest absolute Gasteiger partial charge is 0.411 e. The topological polar surface area (TPSA) is 115 Å². The van der Waals surface area contributed by atoms with Gasteiger partial charge in [-0.05, 0) is 19.1 Å². The summed E-state index contributed by atoms with van der Waals surface area (Å²) < 4.78 is 15.3. The Kier molecular flexibility index (Phi) is 6.76. The van der Waals surface area contributed by atoms with E-state index in [9.17, 15) is 19.2 Å². The number of anilines is 1. The van der Waals surface area contributed by atoms with Crippen molar-refractivity contribution in [3.8, 4) is 0 Å². The van der Waals surface area contributed by atoms with Crippen molar-refractivity contribution in [3.05, 3.63) is 40.2 Å². The summed E-state index contributed by atoms with van der Waals surface area (Å²) in [5.41, 5.74) is 0.538. The normalized spacial score (nSPS) is 13.6. The van der Waals surface area contributed by atoms with Crippen LogP contribution in [-0.4, -0.2) is 47.7 Å². The van der Waals surface area contributed by atoms with Gasteiger partial charge in [0.2, 0.25) is 0 Å². The fourth-order valence-corrected chi connectivity index (χ4v) is 3.65. The van der Waals surface area contributed by atoms with Gasteiger partial charge in [-0.25, -0.2) is 9.59 Å². The first kappa shape index (κ1) is 20.7. The van der Waals surface area contributed by atoms with Gasteiger partial charge in [-0.1, -0.05) is 11.8 Å². The van der Waals surface area contributed by atoms with E-state index in [4.69, 9.17) is 13.9 Å². The highest BCUT2D eigenvalue weighted by Gasteiger charge is 2.21. The van der Waals surface area contributed by atoms with E-state index >= 15 is 0 Å². The fraction of sp³-hybridized carbons (Fsp3) is 0.368. The van der Waals surface area contributed by atoms with Crippen LogP contribution in [0, 0.1) is 0 Å². The number of carbonyl (C=O) groups is 3. The van der Waals surface area contributed by atoms with Gasteiger partial charge in [0.25, 0.3) is 5.24 Å². The Hall–Kier alpha value is -3.01. The van der Waals surface area contributed by atoms with Gasteiger partial charge in [0.1, 0.15) is 12.2 Å². The molecular weight excluding hydrogens is 400 g/mol. The van der Waals surface area contributed by atoms with Crippen LogP contribution >= 0.6 is 11.8 Å². The Labute approximate surface area is 170 Å². The monoisotopic (exact) mass is 420 g/mol. The Bertz CT molecular complexity index is 988. The lowest BCUT2D eigenvalue weighted by Gasteiger charge is -2.14. The minimum atomic E-state index is -0.617. The summed E-state index contributed by atoms with van der Waals surface area (Å²) in [4.78, 5) is 48.5. The molecule has 0 spiro atoms. The van der Waals surface area contributed by atoms with Crippen LogP contribution in [0.25, 0.3) is 11.0 Å². The molecule has 3 rings (SSSR count). The van der Waals surface area contributed by atoms with E-state index in [1.807, 2.05) is 0 Å². The number of nitrogens with zero attached hydrogens (tertiary/aromatic N) is 1. The first-order chi connectivity index (χ1) is 14.0. The minimum Gasteiger partial charge on any atom is -0.461 e. The molecule has 10 heteroatoms. The lowest BCUT2D eigenvalue weighted by molar-refractivity contribution is -0.145. The number of hydrogen-bond donors (Lipinski definition) is 1. The van der Waals surface area contributed by atoms with Gasteiger partial charge in [0.15, 0.2) is 0 Å². The molecule has 1 aliphatic heterocycles. The number of ether oxygens (including phenoxy) is 2. The Balaban J connectivity index is 1.65. The first-order valence-corrected chi connectivity index (χ1v) is 10.0. The van der Waals surface area contributed by atoms with Crippen molar-refractivity contribution in [1.82, 2.24) is 4.90 Å². The molecule has 29 heavy (non-hydrogen) atoms. The molecule has 2 aromatic rings. The van der Waals surface area contributed by atoms with E-state index in [-0.39, 0.29) is 30.5 Å². The van der Waals surface area contributed by atoms with Crippen LogP contribution in [-0.2, 0) is 20.9 Å². The number of hydrogen-bond acceptors (Lipinski definition) is 8. The van der Waals surface area contributed by atoms with Gasteiger partial charge in [0.05, 0.1) is 13.0 Å². The lowest BCUT2D eigenvalue weighted by atomic mass is 10.1. The zero-order chi connectivity index (χ0) is 20.8. The zero-order valence-electron chi connectivity index (χ0n) is 15.8. The summed E-state index contributed by atoms with van der Waals surface area (Å²) in [6.07, 6.45) is -0.534. The van der Waals surface area contributed by atoms with E-state index in [0.717, 1.165) is 5.75 Å². The maximum atomic E-state index is 12.0. The van der Waals surface area contributed by atoms with E-state index in [1.165, 1.54) is 23.9 Å². The van der Waals surface area contributed by atoms with Crippen LogP contribution in [0.15, 0.2) is 33.5 Å². The number of esters is 1. The molecule has 0 radical (unpaired) electrons. The predicted molar refractivity (Wildman–Crippen MR) is 107 cm³/mol. The molecule has 0 atom stereocenters. The number of amides is 2. The van der Waals surface area contributed by atoms with Gasteiger partial charge in [-0.15, -0.1) is 0 Å². The van der Waals surface area contributed by atoms with Crippen LogP contribution in [0.5, 0.6) is 0 Å². The molecule has 0 bridgehead atoms. The number of benzene rings is 1. The molecule has 0 unspecified atom stereocenters. The zero-order valence-corrected chi connectivity index (χ0v) is 16.6. The second-order valence-electron chi connectivity index (χ2n) is 6.16. The highest BCUT2D eigenvalue weighted by atomic mass is 32.2. The third-order valence-corrected chi connectivity index (χ3v) is 5.06. The van der Waals surface area contributed by atoms with Gasteiger partial charge in [-0.2, -0.15) is 0 Å². The van der Waals surface area contributed by atoms with E-state index in [0.29, 0.717) is 29.7 Å². The maximum Gasteiger partial charge on any atom is 0.411 e. The molecule has 1 aromatic carbocycles. The highest BCUT2D eigenvalue weighted by molar-refractivity contribution is 8.13. The van der Waals surface area contributed by atoms with E-state index in [1.54, 1.807) is 24.0 Å². The van der Waals surface area contributed by atoms with Crippen molar-refractivity contribution in [2.45, 2.75) is 20.0 Å². The summed E-state index contributed by atoms with van der Waals surface area (Å²) in [6.45, 7) is 2.76. The largest absolute Gasteiger partial charge is 0.461 e. The Morgan fingerprint density at radius 3 is 2.79 bits per heavy atom. The number of carbonyl (C=O) groups excluding carboxylic acids is 3. The average Bonchev–Trinajstić information content (AvgIpc) is 3.09. The molecule has 2 heterocycles. The molecule has 154 valence electrons. The summed E-state index contributed by atoms with van der Waals surface area (Å²) in [5, 5.41) is 3.08. The molecule has 1 saturated heterocycles. The van der Waals surface area contributed by atoms with Gasteiger partial charge in [-0.3, -0.25) is 14.9 Å². The van der Waals surface area contributed by atoms with Crippen molar-refractivity contribution in [1.29, 1.82) is 0 Å². The van der Waals surface area contributed by atoms with Crippen molar-refractivity contribution < 1.29 is 28.3 Å². The molecule has 1 fully saturated rings. The number of nitrogens with one attached hydrogen (secondary N) is 1. The quantitative estimate of drug-likeness (QED) is 0.537. The van der Waals surface area contributed by atoms with Crippen molar-refractivity contribution in [2.24, 2.45) is 0 Å². The second kappa shape index (κ2) is 9.46. The predicted octanol–water partition coefficient (Wildman–Crippen LogP) is 2.96. The first-order valence-electron chi connectivity index (χ1n) is 9.04. The minimum absolute atomic E-state index is 0.0308. The summed E-state index contributed by atoms with van der Waals surface area (Å²) in [6, 6.07) is 6.04. The lowest BCUT2D eigenvalue weighted by Crippen LogP contribution is -2.26. The highest BCUT2D eigenvalue weighted by Crippen LogP contribution is 2.22. The van der Waals surface area contributed by atoms with E-state index in [2.05, 4.69) is 5.32 Å². The third kappa shape index (κ3) is 5.50. The van der Waals surface area contributed by atoms with Crippen LogP contribution in [0.3, 0.4) is 0 Å². The fourth-order valence-electron chi connectivity index (χ4n) is 2.80. The molecule has 2 amide bonds.